The van der Waals surface area contributed by atoms with Gasteiger partial charge in [0.05, 0.1) is 11.6 Å². The molecule has 2 heterocycles. The first-order chi connectivity index (χ1) is 12.6. The number of carbonyl (C=O) groups is 2. The van der Waals surface area contributed by atoms with E-state index in [1.807, 2.05) is 42.6 Å². The molecule has 6 heteroatoms. The predicted octanol–water partition coefficient (Wildman–Crippen LogP) is 3.81. The fourth-order valence-electron chi connectivity index (χ4n) is 3.34. The van der Waals surface area contributed by atoms with E-state index in [0.29, 0.717) is 18.1 Å². The molecule has 2 amide bonds. The lowest BCUT2D eigenvalue weighted by Gasteiger charge is -2.17. The Balaban J connectivity index is 1.43. The summed E-state index contributed by atoms with van der Waals surface area (Å²) in [4.78, 5) is 29.8. The summed E-state index contributed by atoms with van der Waals surface area (Å²) < 4.78 is 0. The number of rotatable bonds is 4. The maximum Gasteiger partial charge on any atom is 0.229 e. The number of nitrogens with one attached hydrogen (secondary N) is 2. The minimum Gasteiger partial charge on any atom is -0.361 e. The summed E-state index contributed by atoms with van der Waals surface area (Å²) in [6.45, 7) is 0.920. The van der Waals surface area contributed by atoms with Gasteiger partial charge in [-0.05, 0) is 35.9 Å². The lowest BCUT2D eigenvalue weighted by Crippen LogP contribution is -2.28. The van der Waals surface area contributed by atoms with Crippen molar-refractivity contribution in [3.05, 3.63) is 65.3 Å². The Morgan fingerprint density at radius 1 is 1.19 bits per heavy atom. The zero-order chi connectivity index (χ0) is 18.1. The van der Waals surface area contributed by atoms with E-state index in [0.717, 1.165) is 22.2 Å². The molecule has 1 aliphatic rings. The molecule has 1 aliphatic heterocycles. The Hall–Kier alpha value is -2.79. The third-order valence-electron chi connectivity index (χ3n) is 4.72. The molecule has 5 nitrogen and oxygen atoms in total. The molecule has 2 N–H and O–H groups in total. The van der Waals surface area contributed by atoms with Gasteiger partial charge in [0.2, 0.25) is 11.8 Å². The van der Waals surface area contributed by atoms with Crippen molar-refractivity contribution in [1.29, 1.82) is 0 Å². The summed E-state index contributed by atoms with van der Waals surface area (Å²) in [6.07, 6.45) is 2.08. The first-order valence-electron chi connectivity index (χ1n) is 8.49. The molecule has 1 fully saturated rings. The minimum absolute atomic E-state index is 0.0000435. The molecule has 4 rings (SSSR count). The van der Waals surface area contributed by atoms with Crippen LogP contribution in [0.2, 0.25) is 5.02 Å². The molecule has 1 saturated heterocycles. The highest BCUT2D eigenvalue weighted by molar-refractivity contribution is 6.30. The van der Waals surface area contributed by atoms with E-state index >= 15 is 0 Å². The number of amides is 2. The zero-order valence-electron chi connectivity index (χ0n) is 14.0. The van der Waals surface area contributed by atoms with Crippen LogP contribution >= 0.6 is 11.6 Å². The Kier molecular flexibility index (Phi) is 4.39. The van der Waals surface area contributed by atoms with Crippen LogP contribution in [0.5, 0.6) is 0 Å². The molecule has 0 saturated carbocycles. The van der Waals surface area contributed by atoms with Crippen molar-refractivity contribution in [2.24, 2.45) is 5.92 Å². The summed E-state index contributed by atoms with van der Waals surface area (Å²) in [5, 5.41) is 4.60. The van der Waals surface area contributed by atoms with Crippen molar-refractivity contribution >= 4 is 40.0 Å². The number of carbonyl (C=O) groups excluding carboxylic acids is 2. The maximum atomic E-state index is 12.7. The highest BCUT2D eigenvalue weighted by Gasteiger charge is 2.34. The number of anilines is 1. The van der Waals surface area contributed by atoms with Crippen LogP contribution in [0.15, 0.2) is 54.7 Å². The van der Waals surface area contributed by atoms with Gasteiger partial charge in [-0.3, -0.25) is 9.59 Å². The first-order valence-corrected chi connectivity index (χ1v) is 8.87. The molecule has 0 spiro atoms. The summed E-state index contributed by atoms with van der Waals surface area (Å²) in [6, 6.07) is 15.1. The van der Waals surface area contributed by atoms with Gasteiger partial charge in [-0.15, -0.1) is 0 Å². The van der Waals surface area contributed by atoms with Gasteiger partial charge in [-0.2, -0.15) is 0 Å². The van der Waals surface area contributed by atoms with E-state index in [-0.39, 0.29) is 24.2 Å². The molecule has 0 radical (unpaired) electrons. The molecular formula is C20H18ClN3O2. The minimum atomic E-state index is -0.344. The normalized spacial score (nSPS) is 17.0. The van der Waals surface area contributed by atoms with Crippen LogP contribution in [0.25, 0.3) is 10.9 Å². The first kappa shape index (κ1) is 16.7. The van der Waals surface area contributed by atoms with Crippen LogP contribution in [-0.2, 0) is 16.1 Å². The molecule has 26 heavy (non-hydrogen) atoms. The molecule has 0 bridgehead atoms. The second kappa shape index (κ2) is 6.84. The fraction of sp³-hybridized carbons (Fsp3) is 0.200. The van der Waals surface area contributed by atoms with E-state index in [9.17, 15) is 9.59 Å². The van der Waals surface area contributed by atoms with Gasteiger partial charge < -0.3 is 15.2 Å². The third kappa shape index (κ3) is 3.30. The average Bonchev–Trinajstić information content (AvgIpc) is 3.25. The summed E-state index contributed by atoms with van der Waals surface area (Å²) in [5.74, 6) is -0.463. The topological polar surface area (TPSA) is 65.2 Å². The Labute approximate surface area is 155 Å². The number of benzene rings is 2. The highest BCUT2D eigenvalue weighted by atomic mass is 35.5. The van der Waals surface area contributed by atoms with Crippen LogP contribution in [0, 0.1) is 5.92 Å². The Morgan fingerprint density at radius 3 is 2.81 bits per heavy atom. The van der Waals surface area contributed by atoms with Crippen molar-refractivity contribution in [1.82, 2.24) is 9.88 Å². The smallest absolute Gasteiger partial charge is 0.229 e. The maximum absolute atomic E-state index is 12.7. The largest absolute Gasteiger partial charge is 0.361 e. The van der Waals surface area contributed by atoms with Crippen LogP contribution in [0.3, 0.4) is 0 Å². The lowest BCUT2D eigenvalue weighted by molar-refractivity contribution is -0.128. The number of aromatic nitrogens is 1. The van der Waals surface area contributed by atoms with Gasteiger partial charge in [-0.1, -0.05) is 29.8 Å². The van der Waals surface area contributed by atoms with Crippen LogP contribution < -0.4 is 5.32 Å². The highest BCUT2D eigenvalue weighted by Crippen LogP contribution is 2.26. The predicted molar refractivity (Wildman–Crippen MR) is 102 cm³/mol. The van der Waals surface area contributed by atoms with Gasteiger partial charge in [0, 0.05) is 41.6 Å². The number of H-pyrrole nitrogens is 1. The van der Waals surface area contributed by atoms with E-state index in [4.69, 9.17) is 11.6 Å². The van der Waals surface area contributed by atoms with Crippen molar-refractivity contribution in [3.63, 3.8) is 0 Å². The molecule has 0 aliphatic carbocycles. The number of fused-ring (bicyclic) bond motifs is 1. The average molecular weight is 368 g/mol. The van der Waals surface area contributed by atoms with Crippen molar-refractivity contribution in [2.45, 2.75) is 13.0 Å². The quantitative estimate of drug-likeness (QED) is 0.736. The van der Waals surface area contributed by atoms with Crippen LogP contribution in [-0.4, -0.2) is 28.2 Å². The van der Waals surface area contributed by atoms with Gasteiger partial charge in [0.25, 0.3) is 0 Å². The number of hydrogen-bond donors (Lipinski definition) is 2. The summed E-state index contributed by atoms with van der Waals surface area (Å²) >= 11 is 5.90. The van der Waals surface area contributed by atoms with Crippen molar-refractivity contribution < 1.29 is 9.59 Å². The third-order valence-corrected chi connectivity index (χ3v) is 4.98. The molecular weight excluding hydrogens is 350 g/mol. The monoisotopic (exact) mass is 367 g/mol. The van der Waals surface area contributed by atoms with Crippen molar-refractivity contribution in [2.75, 3.05) is 11.9 Å². The van der Waals surface area contributed by atoms with Crippen molar-refractivity contribution in [3.8, 4) is 0 Å². The lowest BCUT2D eigenvalue weighted by atomic mass is 10.1. The van der Waals surface area contributed by atoms with E-state index in [1.165, 1.54) is 0 Å². The number of nitrogens with zero attached hydrogens (tertiary/aromatic N) is 1. The number of hydrogen-bond acceptors (Lipinski definition) is 2. The number of halogens is 1. The number of likely N-dealkylation sites (tertiary alicyclic amines) is 1. The van der Waals surface area contributed by atoms with Crippen LogP contribution in [0.1, 0.15) is 12.0 Å². The Morgan fingerprint density at radius 2 is 2.00 bits per heavy atom. The number of aromatic amines is 1. The van der Waals surface area contributed by atoms with E-state index in [1.54, 1.807) is 17.0 Å². The molecule has 0 unspecified atom stereocenters. The van der Waals surface area contributed by atoms with Crippen LogP contribution in [0.4, 0.5) is 5.69 Å². The van der Waals surface area contributed by atoms with E-state index in [2.05, 4.69) is 10.3 Å². The second-order valence-electron chi connectivity index (χ2n) is 6.54. The SMILES string of the molecule is O=C(Nc1cccc2[nH]ccc12)[C@H]1CC(=O)N(Cc2ccc(Cl)cc2)C1. The Bertz CT molecular complexity index is 965. The fourth-order valence-corrected chi connectivity index (χ4v) is 3.47. The second-order valence-corrected chi connectivity index (χ2v) is 6.97. The molecule has 1 aromatic heterocycles. The van der Waals surface area contributed by atoms with Gasteiger partial charge in [0.1, 0.15) is 0 Å². The van der Waals surface area contributed by atoms with Gasteiger partial charge in [-0.25, -0.2) is 0 Å². The molecule has 1 atom stereocenters. The molecule has 3 aromatic rings. The van der Waals surface area contributed by atoms with E-state index < -0.39 is 0 Å². The summed E-state index contributed by atoms with van der Waals surface area (Å²) in [5.41, 5.74) is 2.73. The van der Waals surface area contributed by atoms with Gasteiger partial charge >= 0.3 is 0 Å². The molecule has 2 aromatic carbocycles. The zero-order valence-corrected chi connectivity index (χ0v) is 14.8. The van der Waals surface area contributed by atoms with Gasteiger partial charge in [0.15, 0.2) is 0 Å². The molecule has 132 valence electrons. The summed E-state index contributed by atoms with van der Waals surface area (Å²) in [7, 11) is 0. The standard InChI is InChI=1S/C20H18ClN3O2/c21-15-6-4-13(5-7-15)11-24-12-14(10-19(24)25)20(26)23-18-3-1-2-17-16(18)8-9-22-17/h1-9,14,22H,10-12H2,(H,23,26)/t14-/m0/s1.